The van der Waals surface area contributed by atoms with Crippen molar-refractivity contribution in [3.05, 3.63) is 41.8 Å². The van der Waals surface area contributed by atoms with Crippen molar-refractivity contribution in [3.8, 4) is 11.3 Å². The summed E-state index contributed by atoms with van der Waals surface area (Å²) in [6, 6.07) is 7.84. The first kappa shape index (κ1) is 14.7. The number of carbonyl (C=O) groups is 1. The highest BCUT2D eigenvalue weighted by molar-refractivity contribution is 5.93. The van der Waals surface area contributed by atoms with E-state index in [4.69, 9.17) is 5.73 Å². The Morgan fingerprint density at radius 1 is 1.36 bits per heavy atom. The van der Waals surface area contributed by atoms with E-state index in [1.165, 1.54) is 12.1 Å². The van der Waals surface area contributed by atoms with E-state index >= 15 is 0 Å². The van der Waals surface area contributed by atoms with Crippen LogP contribution in [0.15, 0.2) is 30.3 Å². The summed E-state index contributed by atoms with van der Waals surface area (Å²) >= 11 is 0. The molecule has 0 saturated carbocycles. The van der Waals surface area contributed by atoms with Gasteiger partial charge in [0.25, 0.3) is 5.91 Å². The molecule has 0 bridgehead atoms. The number of amides is 1. The third-order valence-electron chi connectivity index (χ3n) is 4.11. The normalized spacial score (nSPS) is 18.5. The average Bonchev–Trinajstić information content (AvgIpc) is 3.05. The Hall–Kier alpha value is -2.21. The van der Waals surface area contributed by atoms with Gasteiger partial charge in [0.05, 0.1) is 5.69 Å². The van der Waals surface area contributed by atoms with E-state index in [-0.39, 0.29) is 17.8 Å². The number of carbonyl (C=O) groups excluding carboxylic acids is 1. The largest absolute Gasteiger partial charge is 0.333 e. The molecule has 22 heavy (non-hydrogen) atoms. The topological polar surface area (TPSA) is 75.0 Å². The van der Waals surface area contributed by atoms with Crippen LogP contribution in [-0.4, -0.2) is 40.1 Å². The highest BCUT2D eigenvalue weighted by atomic mass is 19.1. The summed E-state index contributed by atoms with van der Waals surface area (Å²) in [5.74, 6) is -0.370. The summed E-state index contributed by atoms with van der Waals surface area (Å²) < 4.78 is 13.0. The van der Waals surface area contributed by atoms with Gasteiger partial charge in [0.15, 0.2) is 0 Å². The van der Waals surface area contributed by atoms with E-state index < -0.39 is 0 Å². The van der Waals surface area contributed by atoms with Crippen LogP contribution in [0.2, 0.25) is 0 Å². The standard InChI is InChI=1S/C16H19FN4O/c17-12-6-4-11(5-7-12)14-9-15(20-19-14)16(22)21-8-2-1-3-13(21)10-18/h4-7,9,13H,1-3,8,10,18H2,(H,19,20). The Bertz CT molecular complexity index is 652. The lowest BCUT2D eigenvalue weighted by molar-refractivity contribution is 0.0617. The number of H-pyrrole nitrogens is 1. The first-order valence-corrected chi connectivity index (χ1v) is 7.51. The summed E-state index contributed by atoms with van der Waals surface area (Å²) in [6.07, 6.45) is 3.05. The molecule has 1 aromatic heterocycles. The molecular weight excluding hydrogens is 283 g/mol. The molecule has 3 N–H and O–H groups in total. The van der Waals surface area contributed by atoms with Gasteiger partial charge in [-0.25, -0.2) is 4.39 Å². The highest BCUT2D eigenvalue weighted by Crippen LogP contribution is 2.22. The zero-order chi connectivity index (χ0) is 15.5. The van der Waals surface area contributed by atoms with Gasteiger partial charge in [0.1, 0.15) is 11.5 Å². The van der Waals surface area contributed by atoms with E-state index in [1.807, 2.05) is 4.90 Å². The predicted octanol–water partition coefficient (Wildman–Crippen LogP) is 2.17. The molecule has 5 nitrogen and oxygen atoms in total. The van der Waals surface area contributed by atoms with Crippen LogP contribution in [0.3, 0.4) is 0 Å². The first-order valence-electron chi connectivity index (χ1n) is 7.51. The van der Waals surface area contributed by atoms with Crippen LogP contribution in [0.5, 0.6) is 0 Å². The Morgan fingerprint density at radius 3 is 2.86 bits per heavy atom. The lowest BCUT2D eigenvalue weighted by atomic mass is 10.0. The highest BCUT2D eigenvalue weighted by Gasteiger charge is 2.27. The number of nitrogens with two attached hydrogens (primary N) is 1. The smallest absolute Gasteiger partial charge is 0.272 e. The summed E-state index contributed by atoms with van der Waals surface area (Å²) in [5, 5.41) is 6.94. The fourth-order valence-corrected chi connectivity index (χ4v) is 2.87. The van der Waals surface area contributed by atoms with Gasteiger partial charge in [-0.2, -0.15) is 5.10 Å². The molecule has 116 valence electrons. The second kappa shape index (κ2) is 6.27. The number of aromatic nitrogens is 2. The minimum atomic E-state index is -0.297. The molecule has 1 fully saturated rings. The average molecular weight is 302 g/mol. The monoisotopic (exact) mass is 302 g/mol. The molecule has 0 radical (unpaired) electrons. The third-order valence-corrected chi connectivity index (χ3v) is 4.11. The third kappa shape index (κ3) is 2.87. The van der Waals surface area contributed by atoms with Crippen molar-refractivity contribution < 1.29 is 9.18 Å². The van der Waals surface area contributed by atoms with Gasteiger partial charge in [-0.1, -0.05) is 0 Å². The number of piperidine rings is 1. The van der Waals surface area contributed by atoms with Gasteiger partial charge >= 0.3 is 0 Å². The lowest BCUT2D eigenvalue weighted by Crippen LogP contribution is -2.47. The van der Waals surface area contributed by atoms with Crippen LogP contribution in [0.4, 0.5) is 4.39 Å². The number of aromatic amines is 1. The quantitative estimate of drug-likeness (QED) is 0.912. The van der Waals surface area contributed by atoms with Crippen molar-refractivity contribution in [2.45, 2.75) is 25.3 Å². The zero-order valence-electron chi connectivity index (χ0n) is 12.3. The molecule has 6 heteroatoms. The molecule has 2 aromatic rings. The fraction of sp³-hybridized carbons (Fsp3) is 0.375. The van der Waals surface area contributed by atoms with Crippen molar-refractivity contribution in [2.24, 2.45) is 5.73 Å². The van der Waals surface area contributed by atoms with Gasteiger partial charge in [-0.15, -0.1) is 0 Å². The Morgan fingerprint density at radius 2 is 2.14 bits per heavy atom. The van der Waals surface area contributed by atoms with Crippen LogP contribution >= 0.6 is 0 Å². The zero-order valence-corrected chi connectivity index (χ0v) is 12.3. The molecule has 1 aliphatic heterocycles. The SMILES string of the molecule is NCC1CCCCN1C(=O)c1cc(-c2ccc(F)cc2)n[nH]1. The van der Waals surface area contributed by atoms with Crippen LogP contribution < -0.4 is 5.73 Å². The molecule has 3 rings (SSSR count). The molecule has 0 aliphatic carbocycles. The minimum Gasteiger partial charge on any atom is -0.333 e. The van der Waals surface area contributed by atoms with Crippen molar-refractivity contribution in [1.29, 1.82) is 0 Å². The first-order chi connectivity index (χ1) is 10.7. The van der Waals surface area contributed by atoms with Crippen LogP contribution in [-0.2, 0) is 0 Å². The Kier molecular flexibility index (Phi) is 4.20. The number of rotatable bonds is 3. The summed E-state index contributed by atoms with van der Waals surface area (Å²) in [4.78, 5) is 14.4. The number of nitrogens with zero attached hydrogens (tertiary/aromatic N) is 2. The van der Waals surface area contributed by atoms with Crippen LogP contribution in [0, 0.1) is 5.82 Å². The fourth-order valence-electron chi connectivity index (χ4n) is 2.87. The van der Waals surface area contributed by atoms with E-state index in [9.17, 15) is 9.18 Å². The van der Waals surface area contributed by atoms with Gasteiger partial charge in [-0.3, -0.25) is 9.89 Å². The lowest BCUT2D eigenvalue weighted by Gasteiger charge is -2.34. The molecule has 1 atom stereocenters. The molecule has 2 heterocycles. The van der Waals surface area contributed by atoms with E-state index in [1.54, 1.807) is 18.2 Å². The van der Waals surface area contributed by atoms with E-state index in [0.717, 1.165) is 31.4 Å². The molecule has 1 saturated heterocycles. The number of likely N-dealkylation sites (tertiary alicyclic amines) is 1. The second-order valence-corrected chi connectivity index (χ2v) is 5.56. The van der Waals surface area contributed by atoms with Crippen molar-refractivity contribution in [2.75, 3.05) is 13.1 Å². The van der Waals surface area contributed by atoms with Gasteiger partial charge in [0, 0.05) is 24.7 Å². The van der Waals surface area contributed by atoms with Gasteiger partial charge < -0.3 is 10.6 Å². The minimum absolute atomic E-state index is 0.0731. The maximum atomic E-state index is 13.0. The van der Waals surface area contributed by atoms with Crippen LogP contribution in [0.1, 0.15) is 29.8 Å². The number of halogens is 1. The Balaban J connectivity index is 1.80. The number of hydrogen-bond donors (Lipinski definition) is 2. The number of hydrogen-bond acceptors (Lipinski definition) is 3. The molecule has 1 aromatic carbocycles. The molecule has 1 unspecified atom stereocenters. The van der Waals surface area contributed by atoms with E-state index in [2.05, 4.69) is 10.2 Å². The van der Waals surface area contributed by atoms with E-state index in [0.29, 0.717) is 17.9 Å². The summed E-state index contributed by atoms with van der Waals surface area (Å²) in [5.41, 5.74) is 7.61. The summed E-state index contributed by atoms with van der Waals surface area (Å²) in [7, 11) is 0. The Labute approximate surface area is 128 Å². The molecule has 0 spiro atoms. The maximum Gasteiger partial charge on any atom is 0.272 e. The van der Waals surface area contributed by atoms with Gasteiger partial charge in [-0.05, 0) is 49.6 Å². The second-order valence-electron chi connectivity index (χ2n) is 5.56. The van der Waals surface area contributed by atoms with Crippen molar-refractivity contribution >= 4 is 5.91 Å². The number of benzene rings is 1. The molecular formula is C16H19FN4O. The van der Waals surface area contributed by atoms with Gasteiger partial charge in [0.2, 0.25) is 0 Å². The van der Waals surface area contributed by atoms with Crippen LogP contribution in [0.25, 0.3) is 11.3 Å². The molecule has 1 amide bonds. The number of nitrogens with one attached hydrogen (secondary N) is 1. The predicted molar refractivity (Wildman–Crippen MR) is 81.7 cm³/mol. The van der Waals surface area contributed by atoms with Crippen molar-refractivity contribution in [1.82, 2.24) is 15.1 Å². The van der Waals surface area contributed by atoms with Crippen molar-refractivity contribution in [3.63, 3.8) is 0 Å². The molecule has 1 aliphatic rings. The maximum absolute atomic E-state index is 13.0. The summed E-state index contributed by atoms with van der Waals surface area (Å²) in [6.45, 7) is 1.20.